The van der Waals surface area contributed by atoms with Crippen LogP contribution in [0.4, 0.5) is 0 Å². The summed E-state index contributed by atoms with van der Waals surface area (Å²) in [5.74, 6) is -0.527. The van der Waals surface area contributed by atoms with Crippen molar-refractivity contribution in [3.63, 3.8) is 0 Å². The van der Waals surface area contributed by atoms with E-state index in [1.54, 1.807) is 24.9 Å². The average molecular weight is 508 g/mol. The number of ether oxygens (including phenoxy) is 1. The molecule has 0 aromatic heterocycles. The van der Waals surface area contributed by atoms with Gasteiger partial charge in [-0.15, -0.1) is 0 Å². The third kappa shape index (κ3) is 5.36. The number of carbonyl (C=O) groups is 2. The van der Waals surface area contributed by atoms with Gasteiger partial charge in [-0.3, -0.25) is 4.79 Å². The first kappa shape index (κ1) is 24.8. The molecule has 35 heavy (non-hydrogen) atoms. The number of nitrogens with zero attached hydrogens (tertiary/aromatic N) is 3. The van der Waals surface area contributed by atoms with Crippen LogP contribution in [0.1, 0.15) is 30.5 Å². The Kier molecular flexibility index (Phi) is 7.78. The number of esters is 1. The summed E-state index contributed by atoms with van der Waals surface area (Å²) in [6, 6.07) is 16.7. The fourth-order valence-electron chi connectivity index (χ4n) is 4.07. The summed E-state index contributed by atoms with van der Waals surface area (Å²) in [6.07, 6.45) is 1.68. The zero-order chi connectivity index (χ0) is 24.9. The second-order valence-electron chi connectivity index (χ2n) is 8.21. The third-order valence-corrected chi connectivity index (χ3v) is 7.01. The molecule has 1 unspecified atom stereocenters. The van der Waals surface area contributed by atoms with Crippen molar-refractivity contribution in [2.75, 3.05) is 13.7 Å². The van der Waals surface area contributed by atoms with E-state index in [0.29, 0.717) is 28.0 Å². The van der Waals surface area contributed by atoms with Crippen molar-refractivity contribution < 1.29 is 14.3 Å². The Morgan fingerprint density at radius 1 is 1.20 bits per heavy atom. The third-order valence-electron chi connectivity index (χ3n) is 5.77. The lowest BCUT2D eigenvalue weighted by Crippen LogP contribution is -2.38. The lowest BCUT2D eigenvalue weighted by atomic mass is 9.93. The van der Waals surface area contributed by atoms with Crippen LogP contribution in [0.25, 0.3) is 0 Å². The topological polar surface area (TPSA) is 62.2 Å². The maximum Gasteiger partial charge on any atom is 0.338 e. The lowest BCUT2D eigenvalue weighted by Gasteiger charge is -2.36. The zero-order valence-corrected chi connectivity index (χ0v) is 21.2. The fraction of sp³-hybridized carbons (Fsp3) is 0.222. The van der Waals surface area contributed by atoms with Gasteiger partial charge < -0.3 is 14.5 Å². The number of aliphatic imine (C=N–C) groups is 1. The fourth-order valence-corrected chi connectivity index (χ4v) is 5.27. The minimum Gasteiger partial charge on any atom is -0.458 e. The van der Waals surface area contributed by atoms with Crippen molar-refractivity contribution >= 4 is 40.4 Å². The number of hydrogen-bond acceptors (Lipinski definition) is 6. The summed E-state index contributed by atoms with van der Waals surface area (Å²) in [6.45, 7) is 6.01. The van der Waals surface area contributed by atoms with Crippen LogP contribution in [-0.4, -0.2) is 40.5 Å². The van der Waals surface area contributed by atoms with Crippen LogP contribution in [0.15, 0.2) is 94.6 Å². The number of halogens is 1. The summed E-state index contributed by atoms with van der Waals surface area (Å²) < 4.78 is 5.41. The van der Waals surface area contributed by atoms with Crippen molar-refractivity contribution in [1.82, 2.24) is 9.80 Å². The maximum atomic E-state index is 13.2. The molecule has 0 bridgehead atoms. The van der Waals surface area contributed by atoms with E-state index in [1.165, 1.54) is 17.8 Å². The molecule has 2 aromatic carbocycles. The van der Waals surface area contributed by atoms with Crippen molar-refractivity contribution in [3.8, 4) is 0 Å². The molecule has 2 aliphatic heterocycles. The average Bonchev–Trinajstić information content (AvgIpc) is 3.24. The number of hydrogen-bond donors (Lipinski definition) is 0. The van der Waals surface area contributed by atoms with E-state index >= 15 is 0 Å². The van der Waals surface area contributed by atoms with Crippen LogP contribution in [0, 0.1) is 0 Å². The number of thioether (sulfide) groups is 1. The molecular weight excluding hydrogens is 482 g/mol. The number of fused-ring (bicyclic) bond motifs is 1. The second kappa shape index (κ2) is 11.0. The van der Waals surface area contributed by atoms with Gasteiger partial charge in [0.1, 0.15) is 6.61 Å². The molecule has 2 aliphatic rings. The Bertz CT molecular complexity index is 1240. The van der Waals surface area contributed by atoms with E-state index in [-0.39, 0.29) is 18.9 Å². The molecule has 6 nitrogen and oxygen atoms in total. The number of rotatable bonds is 8. The van der Waals surface area contributed by atoms with Crippen LogP contribution in [-0.2, 0) is 20.9 Å². The van der Waals surface area contributed by atoms with E-state index in [2.05, 4.69) is 11.6 Å². The predicted molar refractivity (Wildman–Crippen MR) is 141 cm³/mol. The number of amides is 1. The predicted octanol–water partition coefficient (Wildman–Crippen LogP) is 5.69. The van der Waals surface area contributed by atoms with E-state index < -0.39 is 12.0 Å². The van der Waals surface area contributed by atoms with E-state index in [0.717, 1.165) is 16.8 Å². The molecule has 0 N–H and O–H groups in total. The molecule has 8 heteroatoms. The van der Waals surface area contributed by atoms with Gasteiger partial charge in [0, 0.05) is 24.3 Å². The number of allylic oxidation sites excluding steroid dienone is 1. The monoisotopic (exact) mass is 507 g/mol. The summed E-state index contributed by atoms with van der Waals surface area (Å²) in [5.41, 5.74) is 3.50. The van der Waals surface area contributed by atoms with Gasteiger partial charge in [-0.2, -0.15) is 0 Å². The van der Waals surface area contributed by atoms with Gasteiger partial charge in [0.15, 0.2) is 5.17 Å². The maximum absolute atomic E-state index is 13.2. The SMILES string of the molecule is C=CCOC(=O)C1=C(C)N=C2SC=C(CC(=O)N(C)Cc3ccccc3)N2C1c1ccccc1Cl. The number of amidine groups is 1. The Labute approximate surface area is 214 Å². The van der Waals surface area contributed by atoms with Gasteiger partial charge in [-0.25, -0.2) is 9.79 Å². The van der Waals surface area contributed by atoms with E-state index in [1.807, 2.05) is 58.8 Å². The summed E-state index contributed by atoms with van der Waals surface area (Å²) in [4.78, 5) is 34.6. The van der Waals surface area contributed by atoms with Crippen LogP contribution in [0.5, 0.6) is 0 Å². The first-order valence-electron chi connectivity index (χ1n) is 11.2. The van der Waals surface area contributed by atoms with Crippen molar-refractivity contribution in [1.29, 1.82) is 0 Å². The van der Waals surface area contributed by atoms with Crippen LogP contribution < -0.4 is 0 Å². The minimum absolute atomic E-state index is 0.0399. The highest BCUT2D eigenvalue weighted by Crippen LogP contribution is 2.46. The molecule has 0 saturated heterocycles. The molecule has 0 saturated carbocycles. The lowest BCUT2D eigenvalue weighted by molar-refractivity contribution is -0.138. The van der Waals surface area contributed by atoms with E-state index in [9.17, 15) is 9.59 Å². The standard InChI is InChI=1S/C27H26ClN3O3S/c1-4-14-34-26(33)24-18(2)29-27-31(25(24)21-12-8-9-13-22(21)28)20(17-35-27)15-23(32)30(3)16-19-10-6-5-7-11-19/h4-13,17,25H,1,14-16H2,2-3H3. The van der Waals surface area contributed by atoms with Crippen LogP contribution in [0.2, 0.25) is 5.02 Å². The summed E-state index contributed by atoms with van der Waals surface area (Å²) in [7, 11) is 1.79. The summed E-state index contributed by atoms with van der Waals surface area (Å²) in [5, 5.41) is 3.13. The Morgan fingerprint density at radius 3 is 2.63 bits per heavy atom. The van der Waals surface area contributed by atoms with Gasteiger partial charge in [0.25, 0.3) is 0 Å². The normalized spacial score (nSPS) is 16.9. The molecule has 0 radical (unpaired) electrons. The second-order valence-corrected chi connectivity index (χ2v) is 9.46. The Hall–Kier alpha value is -3.29. The van der Waals surface area contributed by atoms with Crippen molar-refractivity contribution in [2.24, 2.45) is 4.99 Å². The molecule has 0 spiro atoms. The Morgan fingerprint density at radius 2 is 1.91 bits per heavy atom. The Balaban J connectivity index is 1.65. The highest BCUT2D eigenvalue weighted by molar-refractivity contribution is 8.16. The molecule has 2 heterocycles. The molecule has 0 aliphatic carbocycles. The molecule has 1 amide bonds. The smallest absolute Gasteiger partial charge is 0.338 e. The van der Waals surface area contributed by atoms with Gasteiger partial charge in [-0.05, 0) is 29.5 Å². The van der Waals surface area contributed by atoms with Gasteiger partial charge >= 0.3 is 5.97 Å². The molecule has 0 fully saturated rings. The van der Waals surface area contributed by atoms with Crippen LogP contribution in [0.3, 0.4) is 0 Å². The summed E-state index contributed by atoms with van der Waals surface area (Å²) >= 11 is 8.03. The molecule has 1 atom stereocenters. The van der Waals surface area contributed by atoms with Gasteiger partial charge in [0.05, 0.1) is 23.7 Å². The molecule has 180 valence electrons. The quantitative estimate of drug-likeness (QED) is 0.339. The van der Waals surface area contributed by atoms with Crippen molar-refractivity contribution in [3.05, 3.63) is 106 Å². The first-order chi connectivity index (χ1) is 16.9. The number of benzene rings is 2. The highest BCUT2D eigenvalue weighted by Gasteiger charge is 2.42. The molecule has 4 rings (SSSR count). The number of carbonyl (C=O) groups excluding carboxylic acids is 2. The largest absolute Gasteiger partial charge is 0.458 e. The highest BCUT2D eigenvalue weighted by atomic mass is 35.5. The molecular formula is C27H26ClN3O3S. The zero-order valence-electron chi connectivity index (χ0n) is 19.6. The van der Waals surface area contributed by atoms with Gasteiger partial charge in [0.2, 0.25) is 5.91 Å². The minimum atomic E-state index is -0.568. The first-order valence-corrected chi connectivity index (χ1v) is 12.4. The van der Waals surface area contributed by atoms with E-state index in [4.69, 9.17) is 16.3 Å². The molecule has 2 aromatic rings. The van der Waals surface area contributed by atoms with Crippen molar-refractivity contribution in [2.45, 2.75) is 25.9 Å². The van der Waals surface area contributed by atoms with Crippen LogP contribution >= 0.6 is 23.4 Å². The van der Waals surface area contributed by atoms with Gasteiger partial charge in [-0.1, -0.05) is 84.5 Å².